The highest BCUT2D eigenvalue weighted by molar-refractivity contribution is 9.10. The molecule has 0 fully saturated rings. The lowest BCUT2D eigenvalue weighted by atomic mass is 9.63. The topological polar surface area (TPSA) is 80.8 Å². The smallest absolute Gasteiger partial charge is 0.339 e. The van der Waals surface area contributed by atoms with Crippen molar-refractivity contribution in [1.29, 1.82) is 0 Å². The quantitative estimate of drug-likeness (QED) is 0.238. The van der Waals surface area contributed by atoms with E-state index in [1.165, 1.54) is 24.3 Å². The van der Waals surface area contributed by atoms with Crippen LogP contribution in [0.2, 0.25) is 5.02 Å². The Morgan fingerprint density at radius 3 is 1.91 bits per heavy atom. The second-order valence-electron chi connectivity index (χ2n) is 13.8. The lowest BCUT2D eigenvalue weighted by Crippen LogP contribution is -2.44. The first-order valence-electron chi connectivity index (χ1n) is 15.0. The van der Waals surface area contributed by atoms with Crippen LogP contribution in [0.3, 0.4) is 0 Å². The molecule has 0 spiro atoms. The maximum atomic E-state index is 14.1. The highest BCUT2D eigenvalue weighted by Crippen LogP contribution is 2.55. The predicted octanol–water partition coefficient (Wildman–Crippen LogP) is 8.76. The van der Waals surface area contributed by atoms with E-state index in [1.807, 2.05) is 18.2 Å². The van der Waals surface area contributed by atoms with Crippen LogP contribution < -0.4 is 4.18 Å². The normalized spacial score (nSPS) is 19.8. The zero-order chi connectivity index (χ0) is 32.3. The SMILES string of the molecule is CC1(C)CC(=O)C2=C(C1)N(Cc1ccccc1)C1=C(C(=O)CC(C)(C)C1)C2c1ccc(OS(=O)(=O)c2ccc(Cl)cc2)c(Br)c1. The highest BCUT2D eigenvalue weighted by atomic mass is 79.9. The fraction of sp³-hybridized carbons (Fsp3) is 0.333. The number of carbonyl (C=O) groups excluding carboxylic acids is 2. The molecule has 9 heteroatoms. The van der Waals surface area contributed by atoms with E-state index in [9.17, 15) is 18.0 Å². The van der Waals surface area contributed by atoms with Crippen molar-refractivity contribution in [2.45, 2.75) is 70.7 Å². The van der Waals surface area contributed by atoms with Gasteiger partial charge in [-0.1, -0.05) is 75.7 Å². The summed E-state index contributed by atoms with van der Waals surface area (Å²) in [6, 6.07) is 21.0. The van der Waals surface area contributed by atoms with Gasteiger partial charge in [0.2, 0.25) is 0 Å². The summed E-state index contributed by atoms with van der Waals surface area (Å²) in [5.74, 6) is -0.385. The summed E-state index contributed by atoms with van der Waals surface area (Å²) in [6.07, 6.45) is 2.16. The summed E-state index contributed by atoms with van der Waals surface area (Å²) in [6.45, 7) is 9.04. The third kappa shape index (κ3) is 6.29. The summed E-state index contributed by atoms with van der Waals surface area (Å²) in [5, 5.41) is 0.415. The van der Waals surface area contributed by atoms with Crippen molar-refractivity contribution in [1.82, 2.24) is 4.90 Å². The van der Waals surface area contributed by atoms with Crippen molar-refractivity contribution < 1.29 is 22.2 Å². The van der Waals surface area contributed by atoms with Crippen molar-refractivity contribution >= 4 is 49.2 Å². The predicted molar refractivity (Wildman–Crippen MR) is 178 cm³/mol. The van der Waals surface area contributed by atoms with E-state index in [-0.39, 0.29) is 33.0 Å². The van der Waals surface area contributed by atoms with Crippen LogP contribution in [0.1, 0.15) is 70.4 Å². The first kappa shape index (κ1) is 31.8. The monoisotopic (exact) mass is 707 g/mol. The maximum Gasteiger partial charge on any atom is 0.339 e. The van der Waals surface area contributed by atoms with E-state index >= 15 is 0 Å². The summed E-state index contributed by atoms with van der Waals surface area (Å²) < 4.78 is 32.0. The molecule has 0 amide bonds. The maximum absolute atomic E-state index is 14.1. The molecule has 0 saturated carbocycles. The van der Waals surface area contributed by atoms with Crippen LogP contribution in [0.15, 0.2) is 105 Å². The van der Waals surface area contributed by atoms with Crippen LogP contribution in [0.25, 0.3) is 0 Å². The van der Waals surface area contributed by atoms with Gasteiger partial charge in [0.25, 0.3) is 0 Å². The van der Waals surface area contributed by atoms with Crippen LogP contribution in [-0.4, -0.2) is 24.9 Å². The van der Waals surface area contributed by atoms with E-state index in [0.29, 0.717) is 52.9 Å². The molecule has 45 heavy (non-hydrogen) atoms. The molecule has 0 unspecified atom stereocenters. The minimum atomic E-state index is -4.13. The Balaban J connectivity index is 1.48. The minimum Gasteiger partial charge on any atom is -0.378 e. The summed E-state index contributed by atoms with van der Waals surface area (Å²) in [5.41, 5.74) is 4.61. The molecule has 2 aliphatic carbocycles. The zero-order valence-corrected chi connectivity index (χ0v) is 28.9. The van der Waals surface area contributed by atoms with Crippen LogP contribution in [0.4, 0.5) is 0 Å². The van der Waals surface area contributed by atoms with Gasteiger partial charge in [-0.2, -0.15) is 8.42 Å². The van der Waals surface area contributed by atoms with E-state index in [4.69, 9.17) is 15.8 Å². The Morgan fingerprint density at radius 2 is 1.38 bits per heavy atom. The number of nitrogens with zero attached hydrogens (tertiary/aromatic N) is 1. The molecule has 1 heterocycles. The minimum absolute atomic E-state index is 0.0240. The third-order valence-electron chi connectivity index (χ3n) is 8.80. The van der Waals surface area contributed by atoms with Gasteiger partial charge in [0, 0.05) is 52.9 Å². The largest absolute Gasteiger partial charge is 0.378 e. The molecule has 0 bridgehead atoms. The molecule has 0 atom stereocenters. The number of Topliss-reactive ketones (excluding diaryl/α,β-unsaturated/α-hetero) is 2. The number of hydrogen-bond acceptors (Lipinski definition) is 6. The van der Waals surface area contributed by atoms with Gasteiger partial charge in [-0.15, -0.1) is 0 Å². The van der Waals surface area contributed by atoms with Gasteiger partial charge in [-0.25, -0.2) is 0 Å². The average molecular weight is 709 g/mol. The number of hydrogen-bond donors (Lipinski definition) is 0. The first-order chi connectivity index (χ1) is 21.1. The molecule has 3 aliphatic rings. The Labute approximate surface area is 278 Å². The van der Waals surface area contributed by atoms with Gasteiger partial charge >= 0.3 is 10.1 Å². The second-order valence-corrected chi connectivity index (χ2v) is 16.6. The highest BCUT2D eigenvalue weighted by Gasteiger charge is 2.49. The molecule has 0 radical (unpaired) electrons. The van der Waals surface area contributed by atoms with E-state index in [0.717, 1.165) is 22.5 Å². The standard InChI is InChI=1S/C36H35BrClNO5S/c1-35(2)17-27-33(29(40)19-35)32(23-10-15-31(26(37)16-23)44-45(42,43)25-13-11-24(38)12-14-25)34-28(18-36(3,4)20-30(34)41)39(27)21-22-8-6-5-7-9-22/h5-16,32H,17-21H2,1-4H3. The van der Waals surface area contributed by atoms with Gasteiger partial charge in [0.15, 0.2) is 17.3 Å². The van der Waals surface area contributed by atoms with Crippen LogP contribution >= 0.6 is 27.5 Å². The van der Waals surface area contributed by atoms with Gasteiger partial charge in [-0.3, -0.25) is 9.59 Å². The fourth-order valence-corrected chi connectivity index (χ4v) is 8.53. The van der Waals surface area contributed by atoms with Crippen molar-refractivity contribution in [3.8, 4) is 5.75 Å². The molecule has 6 nitrogen and oxygen atoms in total. The molecule has 3 aromatic carbocycles. The van der Waals surface area contributed by atoms with Crippen LogP contribution in [0, 0.1) is 10.8 Å². The molecule has 1 aliphatic heterocycles. The molecule has 3 aromatic rings. The van der Waals surface area contributed by atoms with Crippen LogP contribution in [-0.2, 0) is 26.3 Å². The third-order valence-corrected chi connectivity index (χ3v) is 10.9. The van der Waals surface area contributed by atoms with Gasteiger partial charge in [0.05, 0.1) is 4.47 Å². The summed E-state index contributed by atoms with van der Waals surface area (Å²) in [7, 11) is -4.13. The molecule has 0 saturated heterocycles. The van der Waals surface area contributed by atoms with E-state index < -0.39 is 16.0 Å². The van der Waals surface area contributed by atoms with E-state index in [2.05, 4.69) is 60.7 Å². The zero-order valence-electron chi connectivity index (χ0n) is 25.7. The Morgan fingerprint density at radius 1 is 0.822 bits per heavy atom. The van der Waals surface area contributed by atoms with Gasteiger partial charge in [-0.05, 0) is 87.1 Å². The van der Waals surface area contributed by atoms with Crippen molar-refractivity contribution in [2.24, 2.45) is 10.8 Å². The lowest BCUT2D eigenvalue weighted by molar-refractivity contribution is -0.119. The number of rotatable bonds is 6. The molecule has 0 N–H and O–H groups in total. The average Bonchev–Trinajstić information content (AvgIpc) is 2.94. The Hall–Kier alpha value is -3.20. The lowest BCUT2D eigenvalue weighted by Gasteiger charge is -2.49. The van der Waals surface area contributed by atoms with Gasteiger partial charge in [0.1, 0.15) is 4.90 Å². The first-order valence-corrected chi connectivity index (χ1v) is 17.6. The second kappa shape index (κ2) is 11.6. The van der Waals surface area contributed by atoms with Crippen molar-refractivity contribution in [3.63, 3.8) is 0 Å². The number of benzene rings is 3. The number of carbonyl (C=O) groups is 2. The molecule has 0 aromatic heterocycles. The number of ketones is 2. The van der Waals surface area contributed by atoms with Crippen molar-refractivity contribution in [2.75, 3.05) is 0 Å². The van der Waals surface area contributed by atoms with Crippen LogP contribution in [0.5, 0.6) is 5.75 Å². The molecular formula is C36H35BrClNO5S. The Kier molecular flexibility index (Phi) is 8.15. The molecule has 6 rings (SSSR count). The molecular weight excluding hydrogens is 674 g/mol. The molecule has 234 valence electrons. The summed E-state index contributed by atoms with van der Waals surface area (Å²) in [4.78, 5) is 30.4. The Bertz CT molecular complexity index is 1820. The van der Waals surface area contributed by atoms with E-state index in [1.54, 1.807) is 18.2 Å². The van der Waals surface area contributed by atoms with Crippen molar-refractivity contribution in [3.05, 3.63) is 116 Å². The summed E-state index contributed by atoms with van der Waals surface area (Å²) >= 11 is 9.46. The fourth-order valence-electron chi connectivity index (χ4n) is 6.87. The van der Waals surface area contributed by atoms with Gasteiger partial charge < -0.3 is 9.08 Å². The number of halogens is 2. The number of allylic oxidation sites excluding steroid dienone is 4.